The van der Waals surface area contributed by atoms with Gasteiger partial charge in [-0.05, 0) is 29.7 Å². The smallest absolute Gasteiger partial charge is 0.250 e. The average molecular weight is 229 g/mol. The zero-order valence-corrected chi connectivity index (χ0v) is 9.76. The van der Waals surface area contributed by atoms with Crippen LogP contribution in [-0.2, 0) is 13.2 Å². The molecule has 0 aliphatic rings. The van der Waals surface area contributed by atoms with E-state index in [1.165, 1.54) is 0 Å². The van der Waals surface area contributed by atoms with Crippen molar-refractivity contribution in [2.45, 2.75) is 20.1 Å². The standard InChI is InChI=1S/C14H15NO2/c1-11-8-12(10-16)5-6-13(11)9-15-7-3-2-4-14(15)17/h2-8,16H,9-10H2,1H3. The average Bonchev–Trinajstić information content (AvgIpc) is 2.34. The van der Waals surface area contributed by atoms with Crippen LogP contribution in [0.5, 0.6) is 0 Å². The summed E-state index contributed by atoms with van der Waals surface area (Å²) < 4.78 is 1.67. The van der Waals surface area contributed by atoms with Gasteiger partial charge in [0.25, 0.3) is 5.56 Å². The summed E-state index contributed by atoms with van der Waals surface area (Å²) in [5.41, 5.74) is 3.08. The summed E-state index contributed by atoms with van der Waals surface area (Å²) >= 11 is 0. The van der Waals surface area contributed by atoms with Crippen LogP contribution in [-0.4, -0.2) is 9.67 Å². The van der Waals surface area contributed by atoms with Gasteiger partial charge in [0, 0.05) is 12.3 Å². The Morgan fingerprint density at radius 2 is 2.06 bits per heavy atom. The molecule has 0 amide bonds. The number of aromatic nitrogens is 1. The van der Waals surface area contributed by atoms with Crippen LogP contribution >= 0.6 is 0 Å². The zero-order chi connectivity index (χ0) is 12.3. The number of rotatable bonds is 3. The van der Waals surface area contributed by atoms with Gasteiger partial charge in [-0.3, -0.25) is 4.79 Å². The van der Waals surface area contributed by atoms with Crippen LogP contribution in [0.25, 0.3) is 0 Å². The van der Waals surface area contributed by atoms with E-state index in [2.05, 4.69) is 0 Å². The van der Waals surface area contributed by atoms with Crippen molar-refractivity contribution in [2.24, 2.45) is 0 Å². The van der Waals surface area contributed by atoms with Gasteiger partial charge in [0.05, 0.1) is 13.2 Å². The number of nitrogens with zero attached hydrogens (tertiary/aromatic N) is 1. The van der Waals surface area contributed by atoms with E-state index in [0.717, 1.165) is 16.7 Å². The largest absolute Gasteiger partial charge is 0.392 e. The molecule has 0 aliphatic carbocycles. The highest BCUT2D eigenvalue weighted by Gasteiger charge is 2.01. The van der Waals surface area contributed by atoms with E-state index in [9.17, 15) is 4.79 Å². The molecule has 88 valence electrons. The molecule has 0 aliphatic heterocycles. The van der Waals surface area contributed by atoms with E-state index in [0.29, 0.717) is 6.54 Å². The summed E-state index contributed by atoms with van der Waals surface area (Å²) in [6, 6.07) is 10.9. The fourth-order valence-corrected chi connectivity index (χ4v) is 1.81. The number of aliphatic hydroxyl groups excluding tert-OH is 1. The van der Waals surface area contributed by atoms with E-state index in [-0.39, 0.29) is 12.2 Å². The van der Waals surface area contributed by atoms with Crippen molar-refractivity contribution in [2.75, 3.05) is 0 Å². The Hall–Kier alpha value is -1.87. The van der Waals surface area contributed by atoms with Crippen molar-refractivity contribution in [3.63, 3.8) is 0 Å². The molecule has 1 aromatic carbocycles. The van der Waals surface area contributed by atoms with E-state index >= 15 is 0 Å². The van der Waals surface area contributed by atoms with Crippen molar-refractivity contribution in [1.29, 1.82) is 0 Å². The van der Waals surface area contributed by atoms with E-state index < -0.39 is 0 Å². The second-order valence-electron chi connectivity index (χ2n) is 4.09. The Bertz CT molecular complexity index is 572. The first-order chi connectivity index (χ1) is 8.20. The molecule has 0 radical (unpaired) electrons. The highest BCUT2D eigenvalue weighted by atomic mass is 16.3. The molecule has 2 rings (SSSR count). The Labute approximate surface area is 100.0 Å². The molecule has 3 heteroatoms. The molecule has 3 nitrogen and oxygen atoms in total. The number of hydrogen-bond acceptors (Lipinski definition) is 2. The van der Waals surface area contributed by atoms with Gasteiger partial charge in [0.1, 0.15) is 0 Å². The van der Waals surface area contributed by atoms with Crippen LogP contribution in [0.3, 0.4) is 0 Å². The van der Waals surface area contributed by atoms with Crippen LogP contribution in [0.4, 0.5) is 0 Å². The molecule has 0 fully saturated rings. The molecule has 0 bridgehead atoms. The first-order valence-corrected chi connectivity index (χ1v) is 5.55. The minimum atomic E-state index is -0.00173. The van der Waals surface area contributed by atoms with Crippen molar-refractivity contribution in [1.82, 2.24) is 4.57 Å². The lowest BCUT2D eigenvalue weighted by molar-refractivity contribution is 0.281. The molecule has 0 unspecified atom stereocenters. The molecule has 0 atom stereocenters. The Kier molecular flexibility index (Phi) is 3.40. The summed E-state index contributed by atoms with van der Waals surface area (Å²) in [5, 5.41) is 9.03. The third-order valence-corrected chi connectivity index (χ3v) is 2.83. The maximum absolute atomic E-state index is 11.6. The van der Waals surface area contributed by atoms with Gasteiger partial charge in [0.15, 0.2) is 0 Å². The van der Waals surface area contributed by atoms with Gasteiger partial charge in [0.2, 0.25) is 0 Å². The monoisotopic (exact) mass is 229 g/mol. The van der Waals surface area contributed by atoms with Gasteiger partial charge in [-0.25, -0.2) is 0 Å². The SMILES string of the molecule is Cc1cc(CO)ccc1Cn1ccccc1=O. The topological polar surface area (TPSA) is 42.2 Å². The fraction of sp³-hybridized carbons (Fsp3) is 0.214. The van der Waals surface area contributed by atoms with Crippen molar-refractivity contribution in [3.8, 4) is 0 Å². The van der Waals surface area contributed by atoms with E-state index in [1.807, 2.05) is 31.2 Å². The maximum atomic E-state index is 11.6. The maximum Gasteiger partial charge on any atom is 0.250 e. The van der Waals surface area contributed by atoms with Gasteiger partial charge < -0.3 is 9.67 Å². The minimum absolute atomic E-state index is 0.00173. The van der Waals surface area contributed by atoms with Crippen molar-refractivity contribution >= 4 is 0 Å². The molecule has 1 heterocycles. The molecule has 1 N–H and O–H groups in total. The molecule has 0 spiro atoms. The van der Waals surface area contributed by atoms with Crippen LogP contribution in [0.15, 0.2) is 47.4 Å². The summed E-state index contributed by atoms with van der Waals surface area (Å²) in [7, 11) is 0. The van der Waals surface area contributed by atoms with Crippen LogP contribution in [0.2, 0.25) is 0 Å². The molecule has 1 aromatic heterocycles. The predicted molar refractivity (Wildman–Crippen MR) is 66.9 cm³/mol. The normalized spacial score (nSPS) is 10.5. The summed E-state index contributed by atoms with van der Waals surface area (Å²) in [5.74, 6) is 0. The zero-order valence-electron chi connectivity index (χ0n) is 9.76. The second-order valence-corrected chi connectivity index (χ2v) is 4.09. The third-order valence-electron chi connectivity index (χ3n) is 2.83. The van der Waals surface area contributed by atoms with Crippen LogP contribution < -0.4 is 5.56 Å². The molecule has 17 heavy (non-hydrogen) atoms. The summed E-state index contributed by atoms with van der Waals surface area (Å²) in [6.45, 7) is 2.60. The Morgan fingerprint density at radius 3 is 2.71 bits per heavy atom. The Morgan fingerprint density at radius 1 is 1.24 bits per heavy atom. The lowest BCUT2D eigenvalue weighted by Gasteiger charge is -2.09. The third kappa shape index (κ3) is 2.63. The lowest BCUT2D eigenvalue weighted by Crippen LogP contribution is -2.18. The van der Waals surface area contributed by atoms with Gasteiger partial charge in [-0.2, -0.15) is 0 Å². The molecular weight excluding hydrogens is 214 g/mol. The van der Waals surface area contributed by atoms with Crippen molar-refractivity contribution in [3.05, 3.63) is 69.6 Å². The number of hydrogen-bond donors (Lipinski definition) is 1. The highest BCUT2D eigenvalue weighted by Crippen LogP contribution is 2.12. The number of benzene rings is 1. The number of pyridine rings is 1. The van der Waals surface area contributed by atoms with Gasteiger partial charge >= 0.3 is 0 Å². The predicted octanol–water partition coefficient (Wildman–Crippen LogP) is 1.70. The first kappa shape index (κ1) is 11.6. The van der Waals surface area contributed by atoms with E-state index in [4.69, 9.17) is 5.11 Å². The van der Waals surface area contributed by atoms with Gasteiger partial charge in [-0.1, -0.05) is 24.3 Å². The Balaban J connectivity index is 2.31. The molecule has 0 saturated heterocycles. The summed E-state index contributed by atoms with van der Waals surface area (Å²) in [6.07, 6.45) is 1.78. The number of aliphatic hydroxyl groups is 1. The van der Waals surface area contributed by atoms with Crippen LogP contribution in [0.1, 0.15) is 16.7 Å². The van der Waals surface area contributed by atoms with E-state index in [1.54, 1.807) is 22.9 Å². The fourth-order valence-electron chi connectivity index (χ4n) is 1.81. The summed E-state index contributed by atoms with van der Waals surface area (Å²) in [4.78, 5) is 11.6. The molecule has 0 saturated carbocycles. The highest BCUT2D eigenvalue weighted by molar-refractivity contribution is 5.31. The minimum Gasteiger partial charge on any atom is -0.392 e. The lowest BCUT2D eigenvalue weighted by atomic mass is 10.1. The number of aryl methyl sites for hydroxylation is 1. The van der Waals surface area contributed by atoms with Crippen LogP contribution in [0, 0.1) is 6.92 Å². The molecular formula is C14H15NO2. The molecule has 2 aromatic rings. The van der Waals surface area contributed by atoms with Crippen molar-refractivity contribution < 1.29 is 5.11 Å². The second kappa shape index (κ2) is 4.97. The first-order valence-electron chi connectivity index (χ1n) is 5.55. The quantitative estimate of drug-likeness (QED) is 0.870. The van der Waals surface area contributed by atoms with Gasteiger partial charge in [-0.15, -0.1) is 0 Å².